The lowest BCUT2D eigenvalue weighted by Crippen LogP contribution is -2.44. The number of aromatic nitrogens is 5. The number of carbonyl (C=O) groups excluding carboxylic acids is 3. The van der Waals surface area contributed by atoms with E-state index >= 15 is 0 Å². The lowest BCUT2D eigenvalue weighted by Gasteiger charge is -2.23. The number of carbonyl (C=O) groups is 3. The zero-order valence-corrected chi connectivity index (χ0v) is 21.9. The average molecular weight is 597 g/mol. The highest BCUT2D eigenvalue weighted by atomic mass is 19.4. The van der Waals surface area contributed by atoms with Crippen molar-refractivity contribution in [2.75, 3.05) is 11.9 Å². The van der Waals surface area contributed by atoms with Gasteiger partial charge in [0.2, 0.25) is 11.8 Å². The number of primary amides is 1. The van der Waals surface area contributed by atoms with Gasteiger partial charge in [-0.2, -0.15) is 28.5 Å². The van der Waals surface area contributed by atoms with Crippen molar-refractivity contribution in [1.82, 2.24) is 30.0 Å². The largest absolute Gasteiger partial charge is 0.416 e. The summed E-state index contributed by atoms with van der Waals surface area (Å²) in [5.41, 5.74) is 6.10. The number of benzene rings is 2. The van der Waals surface area contributed by atoms with Crippen LogP contribution in [0.4, 0.5) is 23.4 Å². The number of nitrogens with two attached hydrogens (primary N) is 1. The second-order valence-electron chi connectivity index (χ2n) is 9.86. The van der Waals surface area contributed by atoms with E-state index in [1.54, 1.807) is 24.3 Å². The Hall–Kier alpha value is -5.41. The topological polar surface area (TPSA) is 162 Å². The molecule has 220 valence electrons. The Morgan fingerprint density at radius 2 is 1.86 bits per heavy atom. The van der Waals surface area contributed by atoms with E-state index in [4.69, 9.17) is 10.3 Å². The van der Waals surface area contributed by atoms with Gasteiger partial charge in [0.05, 0.1) is 35.4 Å². The number of nitrogens with zero attached hydrogens (tertiary/aromatic N) is 6. The SMILES string of the molecule is NC(=O)c1nn(CC(=O)N2C[C@H](F)CC2C(=O)Nc2noc3cc(C(F)(F)F)ccc23)c2ccc(-c3ccnnc3)cc12. The van der Waals surface area contributed by atoms with Crippen LogP contribution in [0.2, 0.25) is 0 Å². The highest BCUT2D eigenvalue weighted by Gasteiger charge is 2.40. The summed E-state index contributed by atoms with van der Waals surface area (Å²) in [6.45, 7) is -0.823. The van der Waals surface area contributed by atoms with Crippen LogP contribution >= 0.6 is 0 Å². The molecule has 3 amide bonds. The van der Waals surface area contributed by atoms with Crippen molar-refractivity contribution < 1.29 is 36.5 Å². The first-order valence-corrected chi connectivity index (χ1v) is 12.8. The number of rotatable bonds is 6. The fourth-order valence-corrected chi connectivity index (χ4v) is 5.05. The summed E-state index contributed by atoms with van der Waals surface area (Å²) in [5, 5.41) is 18.3. The first kappa shape index (κ1) is 27.7. The zero-order valence-electron chi connectivity index (χ0n) is 21.9. The molecule has 3 N–H and O–H groups in total. The molecule has 12 nitrogen and oxygen atoms in total. The maximum atomic E-state index is 14.5. The van der Waals surface area contributed by atoms with E-state index in [1.807, 2.05) is 0 Å². The van der Waals surface area contributed by atoms with E-state index in [9.17, 15) is 31.9 Å². The Labute approximate surface area is 238 Å². The second kappa shape index (κ2) is 10.5. The summed E-state index contributed by atoms with van der Waals surface area (Å²) < 4.78 is 59.8. The second-order valence-corrected chi connectivity index (χ2v) is 9.86. The fraction of sp³-hybridized carbons (Fsp3) is 0.222. The first-order valence-electron chi connectivity index (χ1n) is 12.8. The van der Waals surface area contributed by atoms with Crippen molar-refractivity contribution in [3.63, 3.8) is 0 Å². The number of likely N-dealkylation sites (tertiary alicyclic amines) is 1. The van der Waals surface area contributed by atoms with E-state index in [1.165, 1.54) is 17.1 Å². The van der Waals surface area contributed by atoms with Gasteiger partial charge >= 0.3 is 6.18 Å². The molecule has 2 aromatic carbocycles. The van der Waals surface area contributed by atoms with Gasteiger partial charge in [-0.05, 0) is 42.0 Å². The quantitative estimate of drug-likeness (QED) is 0.282. The molecule has 3 aromatic heterocycles. The van der Waals surface area contributed by atoms with Gasteiger partial charge in [0.15, 0.2) is 17.1 Å². The van der Waals surface area contributed by atoms with E-state index in [0.717, 1.165) is 28.7 Å². The van der Waals surface area contributed by atoms with E-state index in [2.05, 4.69) is 25.8 Å². The predicted octanol–water partition coefficient (Wildman–Crippen LogP) is 3.33. The molecule has 1 unspecified atom stereocenters. The molecule has 4 heterocycles. The molecule has 0 saturated carbocycles. The van der Waals surface area contributed by atoms with Crippen LogP contribution in [0.5, 0.6) is 0 Å². The smallest absolute Gasteiger partial charge is 0.364 e. The standard InChI is InChI=1S/C27H20F4N8O4/c28-16-9-20(26(42)35-25-17-3-2-15(27(29,30)31)8-21(17)43-37-25)38(11-16)22(40)12-39-19-4-1-13(14-5-6-33-34-10-14)7-18(19)23(36-39)24(32)41/h1-8,10,16,20H,9,11-12H2,(H2,32,41)(H,35,37,42)/t16-,20?/m1/s1. The number of hydrogen-bond acceptors (Lipinski definition) is 8. The number of alkyl halides is 4. The monoisotopic (exact) mass is 596 g/mol. The molecule has 0 bridgehead atoms. The number of halogens is 4. The lowest BCUT2D eigenvalue weighted by molar-refractivity contribution is -0.137. The minimum atomic E-state index is -4.61. The maximum absolute atomic E-state index is 14.5. The van der Waals surface area contributed by atoms with E-state index in [-0.39, 0.29) is 35.4 Å². The Morgan fingerprint density at radius 1 is 1.05 bits per heavy atom. The van der Waals surface area contributed by atoms with Crippen molar-refractivity contribution in [2.24, 2.45) is 5.73 Å². The third-order valence-electron chi connectivity index (χ3n) is 7.10. The third-order valence-corrected chi connectivity index (χ3v) is 7.10. The lowest BCUT2D eigenvalue weighted by atomic mass is 10.0. The van der Waals surface area contributed by atoms with Gasteiger partial charge in [-0.1, -0.05) is 11.2 Å². The van der Waals surface area contributed by atoms with E-state index < -0.39 is 48.2 Å². The van der Waals surface area contributed by atoms with Gasteiger partial charge in [0.1, 0.15) is 18.8 Å². The van der Waals surface area contributed by atoms with Crippen LogP contribution in [0.3, 0.4) is 0 Å². The van der Waals surface area contributed by atoms with Crippen molar-refractivity contribution in [1.29, 1.82) is 0 Å². The van der Waals surface area contributed by atoms with Crippen molar-refractivity contribution in [2.45, 2.75) is 31.4 Å². The molecular weight excluding hydrogens is 576 g/mol. The van der Waals surface area contributed by atoms with Crippen molar-refractivity contribution in [3.05, 3.63) is 66.1 Å². The molecule has 43 heavy (non-hydrogen) atoms. The summed E-state index contributed by atoms with van der Waals surface area (Å²) >= 11 is 0. The normalized spacial score (nSPS) is 17.1. The summed E-state index contributed by atoms with van der Waals surface area (Å²) in [5.74, 6) is -2.47. The van der Waals surface area contributed by atoms with Gasteiger partial charge in [-0.15, -0.1) is 0 Å². The number of hydrogen-bond donors (Lipinski definition) is 2. The fourth-order valence-electron chi connectivity index (χ4n) is 5.05. The van der Waals surface area contributed by atoms with Crippen LogP contribution in [0.25, 0.3) is 33.0 Å². The maximum Gasteiger partial charge on any atom is 0.416 e. The van der Waals surface area contributed by atoms with Crippen molar-refractivity contribution >= 4 is 45.4 Å². The number of amides is 3. The minimum absolute atomic E-state index is 0.0858. The molecule has 0 spiro atoms. The van der Waals surface area contributed by atoms with Crippen LogP contribution in [0.15, 0.2) is 59.4 Å². The molecule has 1 saturated heterocycles. The molecule has 2 atom stereocenters. The molecule has 5 aromatic rings. The highest BCUT2D eigenvalue weighted by Crippen LogP contribution is 2.34. The van der Waals surface area contributed by atoms with Gasteiger partial charge in [0, 0.05) is 17.4 Å². The van der Waals surface area contributed by atoms with Gasteiger partial charge in [0.25, 0.3) is 5.91 Å². The molecule has 0 radical (unpaired) electrons. The third kappa shape index (κ3) is 5.22. The number of fused-ring (bicyclic) bond motifs is 2. The molecule has 0 aliphatic carbocycles. The molecule has 1 fully saturated rings. The Morgan fingerprint density at radius 3 is 2.58 bits per heavy atom. The molecule has 1 aliphatic rings. The molecule has 6 rings (SSSR count). The van der Waals surface area contributed by atoms with E-state index in [0.29, 0.717) is 16.5 Å². The first-order chi connectivity index (χ1) is 20.5. The van der Waals surface area contributed by atoms with Gasteiger partial charge in [-0.25, -0.2) is 4.39 Å². The molecule has 16 heteroatoms. The summed E-state index contributed by atoms with van der Waals surface area (Å²) in [6.07, 6.45) is -3.40. The average Bonchev–Trinajstić information content (AvgIpc) is 3.68. The van der Waals surface area contributed by atoms with Crippen LogP contribution in [-0.4, -0.2) is 66.5 Å². The highest BCUT2D eigenvalue weighted by molar-refractivity contribution is 6.06. The zero-order chi connectivity index (χ0) is 30.5. The van der Waals surface area contributed by atoms with Crippen LogP contribution < -0.4 is 11.1 Å². The van der Waals surface area contributed by atoms with Crippen molar-refractivity contribution in [3.8, 4) is 11.1 Å². The predicted molar refractivity (Wildman–Crippen MR) is 142 cm³/mol. The summed E-state index contributed by atoms with van der Waals surface area (Å²) in [7, 11) is 0. The Bertz CT molecular complexity index is 1890. The van der Waals surface area contributed by atoms with Crippen LogP contribution in [0.1, 0.15) is 22.5 Å². The summed E-state index contributed by atoms with van der Waals surface area (Å²) in [4.78, 5) is 39.7. The Balaban J connectivity index is 1.24. The minimum Gasteiger partial charge on any atom is -0.364 e. The van der Waals surface area contributed by atoms with Crippen LogP contribution in [-0.2, 0) is 22.3 Å². The number of anilines is 1. The number of nitrogens with one attached hydrogen (secondary N) is 1. The van der Waals surface area contributed by atoms with Crippen LogP contribution in [0, 0.1) is 0 Å². The molecular formula is C27H20F4N8O4. The Kier molecular flexibility index (Phi) is 6.74. The van der Waals surface area contributed by atoms with Gasteiger partial charge < -0.3 is 20.5 Å². The van der Waals surface area contributed by atoms with Gasteiger partial charge in [-0.3, -0.25) is 19.1 Å². The molecule has 1 aliphatic heterocycles. The summed E-state index contributed by atoms with van der Waals surface area (Å²) in [6, 6.07) is 8.16.